The number of halogens is 1. The molecule has 0 aliphatic rings. The third-order valence-electron chi connectivity index (χ3n) is 4.12. The fourth-order valence-corrected chi connectivity index (χ4v) is 3.64. The number of ether oxygens (including phenoxy) is 1. The number of nitrogens with zero attached hydrogens (tertiary/aromatic N) is 2. The minimum Gasteiger partial charge on any atom is -0.497 e. The van der Waals surface area contributed by atoms with Gasteiger partial charge < -0.3 is 9.72 Å². The third-order valence-corrected chi connectivity index (χ3v) is 5.06. The largest absolute Gasteiger partial charge is 0.497 e. The number of nitrogens with one attached hydrogen (secondary N) is 2. The van der Waals surface area contributed by atoms with Crippen LogP contribution >= 0.6 is 11.3 Å². The highest BCUT2D eigenvalue weighted by molar-refractivity contribution is 7.22. The number of aromatic nitrogens is 3. The van der Waals surface area contributed by atoms with Crippen molar-refractivity contribution in [2.45, 2.75) is 6.42 Å². The van der Waals surface area contributed by atoms with Crippen molar-refractivity contribution in [3.8, 4) is 5.75 Å². The summed E-state index contributed by atoms with van der Waals surface area (Å²) in [4.78, 5) is 35.7. The van der Waals surface area contributed by atoms with Gasteiger partial charge in [0.1, 0.15) is 23.1 Å². The number of benzene rings is 2. The number of aromatic amines is 1. The van der Waals surface area contributed by atoms with Crippen molar-refractivity contribution in [2.24, 2.45) is 0 Å². The fraction of sp³-hybridized carbons (Fsp3) is 0.100. The fourth-order valence-electron chi connectivity index (χ4n) is 2.76. The van der Waals surface area contributed by atoms with E-state index < -0.39 is 11.5 Å². The maximum atomic E-state index is 13.3. The first-order valence-electron chi connectivity index (χ1n) is 8.61. The van der Waals surface area contributed by atoms with E-state index in [1.165, 1.54) is 18.2 Å². The lowest BCUT2D eigenvalue weighted by Crippen LogP contribution is -2.20. The van der Waals surface area contributed by atoms with Gasteiger partial charge >= 0.3 is 0 Å². The summed E-state index contributed by atoms with van der Waals surface area (Å²) in [6, 6.07) is 12.6. The lowest BCUT2D eigenvalue weighted by atomic mass is 10.1. The molecule has 0 spiro atoms. The van der Waals surface area contributed by atoms with Gasteiger partial charge in [0, 0.05) is 12.5 Å². The zero-order chi connectivity index (χ0) is 20.4. The van der Waals surface area contributed by atoms with Crippen LogP contribution in [0.25, 0.3) is 10.2 Å². The molecule has 1 amide bonds. The monoisotopic (exact) mass is 410 g/mol. The Kier molecular flexibility index (Phi) is 5.05. The molecule has 0 aliphatic heterocycles. The summed E-state index contributed by atoms with van der Waals surface area (Å²) >= 11 is 1.14. The van der Waals surface area contributed by atoms with Crippen LogP contribution in [0, 0.1) is 5.82 Å². The normalized spacial score (nSPS) is 10.8. The van der Waals surface area contributed by atoms with E-state index in [1.54, 1.807) is 19.2 Å². The molecule has 0 aliphatic carbocycles. The van der Waals surface area contributed by atoms with Gasteiger partial charge in [-0.2, -0.15) is 0 Å². The molecule has 0 fully saturated rings. The van der Waals surface area contributed by atoms with Crippen molar-refractivity contribution in [2.75, 3.05) is 12.4 Å². The number of H-pyrrole nitrogens is 1. The highest BCUT2D eigenvalue weighted by Gasteiger charge is 2.14. The van der Waals surface area contributed by atoms with Crippen LogP contribution in [0.1, 0.15) is 21.9 Å². The molecular formula is C20H15FN4O3S. The van der Waals surface area contributed by atoms with Gasteiger partial charge in [-0.3, -0.25) is 14.9 Å². The second-order valence-corrected chi connectivity index (χ2v) is 7.22. The number of anilines is 1. The summed E-state index contributed by atoms with van der Waals surface area (Å²) < 4.78 is 19.1. The van der Waals surface area contributed by atoms with Crippen LogP contribution in [0.15, 0.2) is 53.3 Å². The first-order chi connectivity index (χ1) is 14.0. The first-order valence-corrected chi connectivity index (χ1v) is 9.42. The second-order valence-electron chi connectivity index (χ2n) is 6.19. The number of fused-ring (bicyclic) bond motifs is 1. The number of thiazole rings is 1. The number of rotatable bonds is 5. The zero-order valence-electron chi connectivity index (χ0n) is 15.2. The van der Waals surface area contributed by atoms with Crippen LogP contribution in [-0.2, 0) is 6.42 Å². The zero-order valence-corrected chi connectivity index (χ0v) is 16.0. The predicted molar refractivity (Wildman–Crippen MR) is 108 cm³/mol. The average molecular weight is 410 g/mol. The van der Waals surface area contributed by atoms with Crippen LogP contribution < -0.4 is 15.6 Å². The van der Waals surface area contributed by atoms with Crippen molar-refractivity contribution >= 4 is 32.6 Å². The minimum atomic E-state index is -0.563. The molecule has 0 atom stereocenters. The maximum Gasteiger partial charge on any atom is 0.276 e. The van der Waals surface area contributed by atoms with Gasteiger partial charge in [0.2, 0.25) is 0 Å². The minimum absolute atomic E-state index is 0.0253. The SMILES string of the molecule is COc1ccc(Cc2nc(C(=O)Nc3nc4ccc(F)cc4s3)cc(=O)[nH]2)cc1. The van der Waals surface area contributed by atoms with E-state index in [4.69, 9.17) is 4.74 Å². The Bertz CT molecular complexity index is 1250. The number of amides is 1. The highest BCUT2D eigenvalue weighted by Crippen LogP contribution is 2.26. The van der Waals surface area contributed by atoms with Gasteiger partial charge in [-0.15, -0.1) is 0 Å². The number of carbonyl (C=O) groups is 1. The van der Waals surface area contributed by atoms with Gasteiger partial charge in [-0.25, -0.2) is 14.4 Å². The van der Waals surface area contributed by atoms with Crippen LogP contribution in [0.4, 0.5) is 9.52 Å². The third kappa shape index (κ3) is 4.30. The van der Waals surface area contributed by atoms with Crippen LogP contribution in [0.2, 0.25) is 0 Å². The molecule has 4 rings (SSSR count). The Labute approximate surface area is 168 Å². The quantitative estimate of drug-likeness (QED) is 0.526. The maximum absolute atomic E-state index is 13.3. The predicted octanol–water partition coefficient (Wildman–Crippen LogP) is 3.37. The molecule has 2 heterocycles. The summed E-state index contributed by atoms with van der Waals surface area (Å²) in [5, 5.41) is 2.92. The Morgan fingerprint density at radius 1 is 1.17 bits per heavy atom. The van der Waals surface area contributed by atoms with E-state index in [0.717, 1.165) is 28.7 Å². The van der Waals surface area contributed by atoms with Gasteiger partial charge in [-0.05, 0) is 35.9 Å². The molecule has 7 nitrogen and oxygen atoms in total. The van der Waals surface area contributed by atoms with Crippen molar-refractivity contribution in [1.82, 2.24) is 15.0 Å². The van der Waals surface area contributed by atoms with E-state index in [-0.39, 0.29) is 11.5 Å². The molecule has 0 saturated carbocycles. The molecule has 0 radical (unpaired) electrons. The van der Waals surface area contributed by atoms with Crippen molar-refractivity contribution in [3.05, 3.63) is 81.8 Å². The van der Waals surface area contributed by atoms with Gasteiger partial charge in [0.15, 0.2) is 5.13 Å². The standard InChI is InChI=1S/C20H15FN4O3S/c1-28-13-5-2-11(3-6-13)8-17-22-15(10-18(26)24-17)19(27)25-20-23-14-7-4-12(21)9-16(14)29-20/h2-7,9-10H,8H2,1H3,(H,22,24,26)(H,23,25,27). The number of hydrogen-bond acceptors (Lipinski definition) is 6. The summed E-state index contributed by atoms with van der Waals surface area (Å²) in [5.74, 6) is 0.142. The molecular weight excluding hydrogens is 395 g/mol. The summed E-state index contributed by atoms with van der Waals surface area (Å²) in [7, 11) is 1.58. The molecule has 2 aromatic carbocycles. The molecule has 9 heteroatoms. The Hall–Kier alpha value is -3.59. The molecule has 2 aromatic heterocycles. The van der Waals surface area contributed by atoms with Crippen LogP contribution in [0.3, 0.4) is 0 Å². The Morgan fingerprint density at radius 3 is 2.72 bits per heavy atom. The number of hydrogen-bond donors (Lipinski definition) is 2. The molecule has 29 heavy (non-hydrogen) atoms. The Balaban J connectivity index is 1.55. The number of methoxy groups -OCH3 is 1. The van der Waals surface area contributed by atoms with Gasteiger partial charge in [-0.1, -0.05) is 23.5 Å². The van der Waals surface area contributed by atoms with Crippen molar-refractivity contribution in [3.63, 3.8) is 0 Å². The highest BCUT2D eigenvalue weighted by atomic mass is 32.1. The van der Waals surface area contributed by atoms with Crippen molar-refractivity contribution < 1.29 is 13.9 Å². The lowest BCUT2D eigenvalue weighted by molar-refractivity contribution is 0.102. The summed E-state index contributed by atoms with van der Waals surface area (Å²) in [6.07, 6.45) is 0.348. The molecule has 0 saturated heterocycles. The topological polar surface area (TPSA) is 97.0 Å². The molecule has 0 unspecified atom stereocenters. The van der Waals surface area contributed by atoms with Gasteiger partial charge in [0.25, 0.3) is 11.5 Å². The molecule has 0 bridgehead atoms. The average Bonchev–Trinajstić information content (AvgIpc) is 3.09. The van der Waals surface area contributed by atoms with E-state index in [2.05, 4.69) is 20.3 Å². The molecule has 146 valence electrons. The molecule has 4 aromatic rings. The van der Waals surface area contributed by atoms with E-state index in [1.807, 2.05) is 12.1 Å². The summed E-state index contributed by atoms with van der Waals surface area (Å²) in [6.45, 7) is 0. The first kappa shape index (κ1) is 18.8. The summed E-state index contributed by atoms with van der Waals surface area (Å²) in [5.41, 5.74) is 1.02. The van der Waals surface area contributed by atoms with Crippen LogP contribution in [-0.4, -0.2) is 28.0 Å². The van der Waals surface area contributed by atoms with E-state index >= 15 is 0 Å². The Morgan fingerprint density at radius 2 is 1.97 bits per heavy atom. The molecule has 2 N–H and O–H groups in total. The lowest BCUT2D eigenvalue weighted by Gasteiger charge is -2.05. The van der Waals surface area contributed by atoms with E-state index in [9.17, 15) is 14.0 Å². The second kappa shape index (κ2) is 7.80. The smallest absolute Gasteiger partial charge is 0.276 e. The van der Waals surface area contributed by atoms with Gasteiger partial charge in [0.05, 0.1) is 17.3 Å². The van der Waals surface area contributed by atoms with Crippen LogP contribution in [0.5, 0.6) is 5.75 Å². The van der Waals surface area contributed by atoms with Crippen molar-refractivity contribution in [1.29, 1.82) is 0 Å². The van der Waals surface area contributed by atoms with E-state index in [0.29, 0.717) is 27.6 Å². The number of carbonyl (C=O) groups excluding carboxylic acids is 1.